The Morgan fingerprint density at radius 1 is 1.33 bits per heavy atom. The van der Waals surface area contributed by atoms with E-state index in [1.807, 2.05) is 38.4 Å². The van der Waals surface area contributed by atoms with E-state index in [-0.39, 0.29) is 0 Å². The van der Waals surface area contributed by atoms with Gasteiger partial charge in [0, 0.05) is 25.5 Å². The highest BCUT2D eigenvalue weighted by atomic mass is 16.3. The average Bonchev–Trinajstić information content (AvgIpc) is 2.75. The van der Waals surface area contributed by atoms with Gasteiger partial charge in [-0.05, 0) is 38.2 Å². The van der Waals surface area contributed by atoms with Gasteiger partial charge in [0.2, 0.25) is 0 Å². The maximum atomic E-state index is 5.58. The second kappa shape index (κ2) is 5.69. The number of furan rings is 1. The number of nitrogens with one attached hydrogen (secondary N) is 1. The third kappa shape index (κ3) is 3.11. The predicted molar refractivity (Wildman–Crippen MR) is 72.6 cm³/mol. The van der Waals surface area contributed by atoms with Crippen LogP contribution >= 0.6 is 0 Å². The smallest absolute Gasteiger partial charge is 0.123 e. The maximum Gasteiger partial charge on any atom is 0.123 e. The first-order chi connectivity index (χ1) is 8.69. The number of pyridine rings is 1. The molecular formula is C14H19N3O. The van der Waals surface area contributed by atoms with Crippen molar-refractivity contribution < 1.29 is 4.42 Å². The molecule has 0 aliphatic rings. The van der Waals surface area contributed by atoms with Crippen molar-refractivity contribution in [2.75, 3.05) is 19.0 Å². The molecule has 4 heteroatoms. The zero-order valence-corrected chi connectivity index (χ0v) is 11.1. The van der Waals surface area contributed by atoms with E-state index in [4.69, 9.17) is 4.42 Å². The van der Waals surface area contributed by atoms with Crippen LogP contribution in [0, 0.1) is 6.92 Å². The van der Waals surface area contributed by atoms with Gasteiger partial charge in [0.1, 0.15) is 11.5 Å². The zero-order chi connectivity index (χ0) is 13.0. The number of hydrogen-bond donors (Lipinski definition) is 1. The van der Waals surface area contributed by atoms with Crippen LogP contribution in [0.3, 0.4) is 0 Å². The fraction of sp³-hybridized carbons (Fsp3) is 0.357. The van der Waals surface area contributed by atoms with E-state index >= 15 is 0 Å². The van der Waals surface area contributed by atoms with Gasteiger partial charge in [0.25, 0.3) is 0 Å². The van der Waals surface area contributed by atoms with Crippen molar-refractivity contribution in [3.63, 3.8) is 0 Å². The lowest BCUT2D eigenvalue weighted by Gasteiger charge is -2.18. The van der Waals surface area contributed by atoms with Crippen molar-refractivity contribution in [1.82, 2.24) is 10.3 Å². The van der Waals surface area contributed by atoms with Gasteiger partial charge in [-0.3, -0.25) is 4.98 Å². The summed E-state index contributed by atoms with van der Waals surface area (Å²) in [5.74, 6) is 1.92. The van der Waals surface area contributed by atoms with Gasteiger partial charge in [0.15, 0.2) is 0 Å². The summed E-state index contributed by atoms with van der Waals surface area (Å²) in [7, 11) is 3.97. The summed E-state index contributed by atoms with van der Waals surface area (Å²) in [4.78, 5) is 6.46. The number of aromatic nitrogens is 1. The molecule has 0 bridgehead atoms. The second-order valence-corrected chi connectivity index (χ2v) is 4.40. The highest BCUT2D eigenvalue weighted by molar-refractivity contribution is 5.45. The Balaban J connectivity index is 2.08. The minimum absolute atomic E-state index is 0.761. The Morgan fingerprint density at radius 2 is 2.17 bits per heavy atom. The maximum absolute atomic E-state index is 5.58. The van der Waals surface area contributed by atoms with Crippen LogP contribution in [-0.2, 0) is 13.1 Å². The highest BCUT2D eigenvalue weighted by Gasteiger charge is 2.06. The second-order valence-electron chi connectivity index (χ2n) is 4.40. The van der Waals surface area contributed by atoms with Crippen LogP contribution in [0.25, 0.3) is 0 Å². The van der Waals surface area contributed by atoms with Crippen molar-refractivity contribution in [2.45, 2.75) is 20.0 Å². The topological polar surface area (TPSA) is 41.3 Å². The molecule has 0 saturated heterocycles. The molecule has 2 aromatic rings. The Morgan fingerprint density at radius 3 is 2.83 bits per heavy atom. The molecule has 0 spiro atoms. The quantitative estimate of drug-likeness (QED) is 0.878. The molecule has 2 heterocycles. The molecule has 2 rings (SSSR count). The summed E-state index contributed by atoms with van der Waals surface area (Å²) in [5, 5.41) is 3.10. The van der Waals surface area contributed by atoms with Crippen molar-refractivity contribution in [3.8, 4) is 0 Å². The summed E-state index contributed by atoms with van der Waals surface area (Å²) in [6, 6.07) is 8.10. The first-order valence-corrected chi connectivity index (χ1v) is 6.05. The number of aryl methyl sites for hydroxylation is 1. The van der Waals surface area contributed by atoms with Gasteiger partial charge in [0.05, 0.1) is 12.2 Å². The molecule has 0 saturated carbocycles. The number of nitrogens with zero attached hydrogens (tertiary/aromatic N) is 2. The zero-order valence-electron chi connectivity index (χ0n) is 11.1. The number of rotatable bonds is 5. The van der Waals surface area contributed by atoms with Gasteiger partial charge in [-0.2, -0.15) is 0 Å². The van der Waals surface area contributed by atoms with E-state index in [1.165, 1.54) is 0 Å². The fourth-order valence-corrected chi connectivity index (χ4v) is 1.88. The van der Waals surface area contributed by atoms with Crippen LogP contribution in [0.1, 0.15) is 17.2 Å². The predicted octanol–water partition coefficient (Wildman–Crippen LogP) is 2.34. The molecule has 1 N–H and O–H groups in total. The van der Waals surface area contributed by atoms with E-state index in [2.05, 4.69) is 28.3 Å². The monoisotopic (exact) mass is 245 g/mol. The van der Waals surface area contributed by atoms with Gasteiger partial charge < -0.3 is 14.6 Å². The molecular weight excluding hydrogens is 226 g/mol. The lowest BCUT2D eigenvalue weighted by atomic mass is 10.3. The molecule has 0 amide bonds. The first kappa shape index (κ1) is 12.6. The molecule has 0 fully saturated rings. The molecule has 0 unspecified atom stereocenters. The van der Waals surface area contributed by atoms with Crippen molar-refractivity contribution in [1.29, 1.82) is 0 Å². The van der Waals surface area contributed by atoms with Crippen LogP contribution in [0.5, 0.6) is 0 Å². The summed E-state index contributed by atoms with van der Waals surface area (Å²) in [6.07, 6.45) is 1.84. The molecule has 0 atom stereocenters. The van der Waals surface area contributed by atoms with Crippen molar-refractivity contribution >= 4 is 5.69 Å². The SMILES string of the molecule is CNCc1cc(N(C)Cc2ccc(C)o2)ccn1. The van der Waals surface area contributed by atoms with Crippen LogP contribution in [-0.4, -0.2) is 19.1 Å². The minimum Gasteiger partial charge on any atom is -0.464 e. The summed E-state index contributed by atoms with van der Waals surface area (Å²) in [6.45, 7) is 3.50. The minimum atomic E-state index is 0.761. The largest absolute Gasteiger partial charge is 0.464 e. The van der Waals surface area contributed by atoms with E-state index in [1.54, 1.807) is 0 Å². The normalized spacial score (nSPS) is 10.6. The molecule has 4 nitrogen and oxygen atoms in total. The van der Waals surface area contributed by atoms with Crippen molar-refractivity contribution in [2.24, 2.45) is 0 Å². The summed E-state index contributed by atoms with van der Waals surface area (Å²) >= 11 is 0. The standard InChI is InChI=1S/C14H19N3O/c1-11-4-5-14(18-11)10-17(3)13-6-7-16-12(8-13)9-15-2/h4-8,15H,9-10H2,1-3H3. The molecule has 0 aromatic carbocycles. The van der Waals surface area contributed by atoms with Crippen molar-refractivity contribution in [3.05, 3.63) is 47.7 Å². The Labute approximate surface area is 108 Å². The highest BCUT2D eigenvalue weighted by Crippen LogP contribution is 2.17. The lowest BCUT2D eigenvalue weighted by Crippen LogP contribution is -2.17. The first-order valence-electron chi connectivity index (χ1n) is 6.05. The third-order valence-corrected chi connectivity index (χ3v) is 2.79. The van der Waals surface area contributed by atoms with E-state index in [9.17, 15) is 0 Å². The third-order valence-electron chi connectivity index (χ3n) is 2.79. The molecule has 0 aliphatic heterocycles. The average molecular weight is 245 g/mol. The summed E-state index contributed by atoms with van der Waals surface area (Å²) in [5.41, 5.74) is 2.18. The van der Waals surface area contributed by atoms with Crippen LogP contribution in [0.2, 0.25) is 0 Å². The molecule has 0 aliphatic carbocycles. The van der Waals surface area contributed by atoms with E-state index in [0.29, 0.717) is 0 Å². The van der Waals surface area contributed by atoms with Gasteiger partial charge in [-0.1, -0.05) is 0 Å². The van der Waals surface area contributed by atoms with Crippen LogP contribution in [0.4, 0.5) is 5.69 Å². The Kier molecular flexibility index (Phi) is 3.99. The number of hydrogen-bond acceptors (Lipinski definition) is 4. The summed E-state index contributed by atoms with van der Waals surface area (Å²) < 4.78 is 5.58. The van der Waals surface area contributed by atoms with Crippen LogP contribution < -0.4 is 10.2 Å². The Hall–Kier alpha value is -1.81. The fourth-order valence-electron chi connectivity index (χ4n) is 1.88. The molecule has 2 aromatic heterocycles. The van der Waals surface area contributed by atoms with Gasteiger partial charge in [-0.15, -0.1) is 0 Å². The van der Waals surface area contributed by atoms with E-state index < -0.39 is 0 Å². The van der Waals surface area contributed by atoms with Crippen LogP contribution in [0.15, 0.2) is 34.9 Å². The number of anilines is 1. The van der Waals surface area contributed by atoms with Gasteiger partial charge >= 0.3 is 0 Å². The van der Waals surface area contributed by atoms with E-state index in [0.717, 1.165) is 36.0 Å². The van der Waals surface area contributed by atoms with Gasteiger partial charge in [-0.25, -0.2) is 0 Å². The molecule has 18 heavy (non-hydrogen) atoms. The lowest BCUT2D eigenvalue weighted by molar-refractivity contribution is 0.482. The molecule has 0 radical (unpaired) electrons. The molecule has 96 valence electrons. The Bertz CT molecular complexity index is 507.